The number of ether oxygens (including phenoxy) is 1. The van der Waals surface area contributed by atoms with Crippen molar-refractivity contribution in [1.29, 1.82) is 0 Å². The Morgan fingerprint density at radius 3 is 2.29 bits per heavy atom. The van der Waals surface area contributed by atoms with Gasteiger partial charge in [-0.2, -0.15) is 0 Å². The van der Waals surface area contributed by atoms with Gasteiger partial charge in [-0.3, -0.25) is 0 Å². The lowest BCUT2D eigenvalue weighted by Crippen LogP contribution is -2.25. The Morgan fingerprint density at radius 1 is 1.00 bits per heavy atom. The van der Waals surface area contributed by atoms with Gasteiger partial charge in [0.15, 0.2) is 0 Å². The minimum atomic E-state index is -1.43. The summed E-state index contributed by atoms with van der Waals surface area (Å²) in [7, 11) is 0. The fourth-order valence-corrected chi connectivity index (χ4v) is 2.02. The number of benzene rings is 2. The van der Waals surface area contributed by atoms with Crippen LogP contribution in [0.15, 0.2) is 42.5 Å². The van der Waals surface area contributed by atoms with Crippen molar-refractivity contribution >= 4 is 35.1 Å². The van der Waals surface area contributed by atoms with Crippen LogP contribution in [0.4, 0.5) is 0 Å². The molecule has 0 saturated carbocycles. The predicted molar refractivity (Wildman–Crippen MR) is 76.4 cm³/mol. The Kier molecular flexibility index (Phi) is 4.83. The number of hydrogen-bond acceptors (Lipinski definition) is 4. The maximum Gasteiger partial charge on any atom is 0.339 e. The lowest BCUT2D eigenvalue weighted by atomic mass is 10.1. The first-order valence-corrected chi connectivity index (χ1v) is 6.66. The molecule has 2 aromatic carbocycles. The molecule has 108 valence electrons. The Morgan fingerprint density at radius 2 is 1.67 bits per heavy atom. The Labute approximate surface area is 130 Å². The summed E-state index contributed by atoms with van der Waals surface area (Å²) in [5.41, 5.74) is 0.373. The summed E-state index contributed by atoms with van der Waals surface area (Å²) in [6.45, 7) is -0.0445. The second-order valence-corrected chi connectivity index (χ2v) is 4.97. The topological polar surface area (TPSA) is 66.4 Å². The number of rotatable bonds is 4. The van der Waals surface area contributed by atoms with Gasteiger partial charge in [0.2, 0.25) is 0 Å². The molecule has 0 spiro atoms. The zero-order valence-corrected chi connectivity index (χ0v) is 12.1. The molecule has 0 atom stereocenters. The molecule has 2 aromatic rings. The number of carboxylic acids is 1. The first kappa shape index (κ1) is 15.4. The van der Waals surface area contributed by atoms with E-state index < -0.39 is 11.9 Å². The smallest absolute Gasteiger partial charge is 0.339 e. The summed E-state index contributed by atoms with van der Waals surface area (Å²) in [6.07, 6.45) is 0. The quantitative estimate of drug-likeness (QED) is 0.811. The fraction of sp³-hybridized carbons (Fsp3) is 0.0667. The molecule has 0 aliphatic carbocycles. The summed E-state index contributed by atoms with van der Waals surface area (Å²) >= 11 is 11.6. The van der Waals surface area contributed by atoms with E-state index in [9.17, 15) is 14.7 Å². The molecule has 0 aliphatic heterocycles. The van der Waals surface area contributed by atoms with E-state index in [0.29, 0.717) is 15.6 Å². The van der Waals surface area contributed by atoms with Gasteiger partial charge in [0.05, 0.1) is 21.6 Å². The van der Waals surface area contributed by atoms with Crippen molar-refractivity contribution < 1.29 is 19.4 Å². The van der Waals surface area contributed by atoms with Crippen molar-refractivity contribution in [3.05, 3.63) is 69.2 Å². The molecule has 6 heteroatoms. The van der Waals surface area contributed by atoms with Crippen LogP contribution in [-0.4, -0.2) is 11.9 Å². The third-order valence-corrected chi connectivity index (χ3v) is 3.46. The van der Waals surface area contributed by atoms with Gasteiger partial charge in [0.1, 0.15) is 6.61 Å². The molecule has 0 aromatic heterocycles. The number of hydrogen-bond donors (Lipinski definition) is 0. The summed E-state index contributed by atoms with van der Waals surface area (Å²) in [4.78, 5) is 22.9. The molecule has 0 aliphatic rings. The minimum Gasteiger partial charge on any atom is -0.545 e. The van der Waals surface area contributed by atoms with Gasteiger partial charge in [-0.15, -0.1) is 0 Å². The summed E-state index contributed by atoms with van der Waals surface area (Å²) in [5, 5.41) is 11.7. The van der Waals surface area contributed by atoms with Gasteiger partial charge in [-0.05, 0) is 23.8 Å². The molecule has 4 nitrogen and oxygen atoms in total. The van der Waals surface area contributed by atoms with Crippen LogP contribution in [0.1, 0.15) is 26.3 Å². The van der Waals surface area contributed by atoms with E-state index in [4.69, 9.17) is 27.9 Å². The highest BCUT2D eigenvalue weighted by Gasteiger charge is 2.13. The van der Waals surface area contributed by atoms with Crippen molar-refractivity contribution in [2.75, 3.05) is 0 Å². The van der Waals surface area contributed by atoms with Gasteiger partial charge in [0, 0.05) is 5.56 Å². The zero-order valence-electron chi connectivity index (χ0n) is 10.6. The predicted octanol–water partition coefficient (Wildman–Crippen LogP) is 2.71. The maximum atomic E-state index is 11.9. The molecule has 0 saturated heterocycles. The van der Waals surface area contributed by atoms with Gasteiger partial charge < -0.3 is 14.6 Å². The first-order valence-electron chi connectivity index (χ1n) is 5.90. The Hall–Kier alpha value is -2.04. The third kappa shape index (κ3) is 3.74. The molecule has 0 amide bonds. The van der Waals surface area contributed by atoms with Crippen molar-refractivity contribution in [1.82, 2.24) is 0 Å². The monoisotopic (exact) mass is 323 g/mol. The summed E-state index contributed by atoms with van der Waals surface area (Å²) in [5.74, 6) is -2.18. The molecule has 2 rings (SSSR count). The van der Waals surface area contributed by atoms with Crippen LogP contribution in [0.25, 0.3) is 0 Å². The minimum absolute atomic E-state index is 0.0445. The second-order valence-electron chi connectivity index (χ2n) is 4.16. The van der Waals surface area contributed by atoms with Crippen molar-refractivity contribution in [2.24, 2.45) is 0 Å². The molecule has 0 heterocycles. The lowest BCUT2D eigenvalue weighted by Gasteiger charge is -2.10. The van der Waals surface area contributed by atoms with Crippen LogP contribution < -0.4 is 5.11 Å². The van der Waals surface area contributed by atoms with Crippen LogP contribution in [0, 0.1) is 0 Å². The zero-order chi connectivity index (χ0) is 15.4. The normalized spacial score (nSPS) is 10.2. The first-order chi connectivity index (χ1) is 9.99. The standard InChI is InChI=1S/C15H10Cl2O4/c16-12-6-5-9(7-13(12)17)8-21-15(20)11-4-2-1-3-10(11)14(18)19/h1-7H,8H2,(H,18,19)/p-1. The van der Waals surface area contributed by atoms with Gasteiger partial charge in [0.25, 0.3) is 0 Å². The van der Waals surface area contributed by atoms with E-state index >= 15 is 0 Å². The summed E-state index contributed by atoms with van der Waals surface area (Å²) in [6, 6.07) is 10.5. The van der Waals surface area contributed by atoms with E-state index in [-0.39, 0.29) is 17.7 Å². The largest absolute Gasteiger partial charge is 0.545 e. The molecule has 0 radical (unpaired) electrons. The van der Waals surface area contributed by atoms with Crippen LogP contribution in [-0.2, 0) is 11.3 Å². The van der Waals surface area contributed by atoms with E-state index in [1.165, 1.54) is 18.2 Å². The van der Waals surface area contributed by atoms with E-state index in [1.807, 2.05) is 0 Å². The van der Waals surface area contributed by atoms with Crippen molar-refractivity contribution in [3.8, 4) is 0 Å². The maximum absolute atomic E-state index is 11.9. The fourth-order valence-electron chi connectivity index (χ4n) is 1.70. The molecule has 0 N–H and O–H groups in total. The number of halogens is 2. The van der Waals surface area contributed by atoms with Crippen LogP contribution in [0.2, 0.25) is 10.0 Å². The van der Waals surface area contributed by atoms with Crippen LogP contribution in [0.5, 0.6) is 0 Å². The Bertz CT molecular complexity index is 698. The lowest BCUT2D eigenvalue weighted by molar-refractivity contribution is -0.255. The molecular formula is C15H9Cl2O4-. The van der Waals surface area contributed by atoms with Gasteiger partial charge in [-0.25, -0.2) is 4.79 Å². The average molecular weight is 324 g/mol. The highest BCUT2D eigenvalue weighted by atomic mass is 35.5. The highest BCUT2D eigenvalue weighted by molar-refractivity contribution is 6.42. The number of aromatic carboxylic acids is 1. The Balaban J connectivity index is 2.12. The second kappa shape index (κ2) is 6.61. The highest BCUT2D eigenvalue weighted by Crippen LogP contribution is 2.23. The van der Waals surface area contributed by atoms with E-state index in [2.05, 4.69) is 0 Å². The molecule has 0 unspecified atom stereocenters. The molecule has 0 fully saturated rings. The number of carbonyl (C=O) groups is 2. The molecule has 21 heavy (non-hydrogen) atoms. The van der Waals surface area contributed by atoms with Gasteiger partial charge >= 0.3 is 5.97 Å². The van der Waals surface area contributed by atoms with Crippen molar-refractivity contribution in [3.63, 3.8) is 0 Å². The number of carboxylic acid groups (broad SMARTS) is 1. The third-order valence-electron chi connectivity index (χ3n) is 2.72. The average Bonchev–Trinajstić information content (AvgIpc) is 2.48. The van der Waals surface area contributed by atoms with Crippen LogP contribution in [0.3, 0.4) is 0 Å². The van der Waals surface area contributed by atoms with Gasteiger partial charge in [-0.1, -0.05) is 47.5 Å². The van der Waals surface area contributed by atoms with E-state index in [0.717, 1.165) is 0 Å². The van der Waals surface area contributed by atoms with E-state index in [1.54, 1.807) is 24.3 Å². The molecular weight excluding hydrogens is 315 g/mol. The number of carbonyl (C=O) groups excluding carboxylic acids is 2. The molecule has 0 bridgehead atoms. The van der Waals surface area contributed by atoms with Crippen molar-refractivity contribution in [2.45, 2.75) is 6.61 Å². The van der Waals surface area contributed by atoms with Crippen LogP contribution >= 0.6 is 23.2 Å². The SMILES string of the molecule is O=C([O-])c1ccccc1C(=O)OCc1ccc(Cl)c(Cl)c1. The summed E-state index contributed by atoms with van der Waals surface area (Å²) < 4.78 is 5.07. The number of esters is 1.